The lowest BCUT2D eigenvalue weighted by molar-refractivity contribution is -0.384. The Morgan fingerprint density at radius 1 is 1.26 bits per heavy atom. The molecule has 2 aromatic rings. The number of nitriles is 1. The number of ketones is 1. The number of thioether (sulfide) groups is 1. The molecule has 0 spiro atoms. The summed E-state index contributed by atoms with van der Waals surface area (Å²) in [5, 5.41) is 21.4. The van der Waals surface area contributed by atoms with Gasteiger partial charge in [-0.1, -0.05) is 23.9 Å². The molecule has 1 aliphatic carbocycles. The van der Waals surface area contributed by atoms with Crippen molar-refractivity contribution in [2.45, 2.75) is 30.7 Å². The number of fused-ring (bicyclic) bond motifs is 1. The van der Waals surface area contributed by atoms with Gasteiger partial charge in [0.1, 0.15) is 16.9 Å². The fourth-order valence-corrected chi connectivity index (χ4v) is 4.94. The first-order valence-corrected chi connectivity index (χ1v) is 11.3. The first-order valence-electron chi connectivity index (χ1n) is 10.3. The second-order valence-electron chi connectivity index (χ2n) is 7.51. The summed E-state index contributed by atoms with van der Waals surface area (Å²) in [5.74, 6) is 0.733. The Labute approximate surface area is 184 Å². The summed E-state index contributed by atoms with van der Waals surface area (Å²) in [6.07, 6.45) is 3.85. The molecule has 9 heteroatoms. The van der Waals surface area contributed by atoms with Crippen LogP contribution in [0.3, 0.4) is 0 Å². The Kier molecular flexibility index (Phi) is 6.49. The Hall–Kier alpha value is -2.96. The molecule has 1 aliphatic heterocycles. The van der Waals surface area contributed by atoms with E-state index in [1.165, 1.54) is 30.0 Å². The highest BCUT2D eigenvalue weighted by Crippen LogP contribution is 2.36. The van der Waals surface area contributed by atoms with Crippen molar-refractivity contribution in [2.75, 3.05) is 37.0 Å². The maximum atomic E-state index is 12.7. The highest BCUT2D eigenvalue weighted by atomic mass is 32.2. The predicted molar refractivity (Wildman–Crippen MR) is 117 cm³/mol. The van der Waals surface area contributed by atoms with Gasteiger partial charge in [0.25, 0.3) is 5.69 Å². The van der Waals surface area contributed by atoms with E-state index < -0.39 is 4.92 Å². The zero-order valence-corrected chi connectivity index (χ0v) is 17.8. The number of pyridine rings is 1. The number of morpholine rings is 1. The zero-order chi connectivity index (χ0) is 21.8. The molecule has 0 amide bonds. The van der Waals surface area contributed by atoms with Crippen molar-refractivity contribution in [1.82, 2.24) is 4.98 Å². The van der Waals surface area contributed by atoms with Crippen molar-refractivity contribution in [3.05, 3.63) is 56.6 Å². The monoisotopic (exact) mass is 438 g/mol. The Morgan fingerprint density at radius 3 is 2.71 bits per heavy atom. The fraction of sp³-hybridized carbons (Fsp3) is 0.409. The third-order valence-electron chi connectivity index (χ3n) is 5.60. The topological polar surface area (TPSA) is 109 Å². The molecule has 4 rings (SSSR count). The molecule has 2 heterocycles. The van der Waals surface area contributed by atoms with Crippen molar-refractivity contribution in [2.24, 2.45) is 0 Å². The van der Waals surface area contributed by atoms with E-state index in [1.807, 2.05) is 0 Å². The zero-order valence-electron chi connectivity index (χ0n) is 17.0. The molecule has 0 bridgehead atoms. The summed E-state index contributed by atoms with van der Waals surface area (Å²) in [4.78, 5) is 30.2. The second-order valence-corrected chi connectivity index (χ2v) is 8.47. The van der Waals surface area contributed by atoms with Crippen LogP contribution in [0.15, 0.2) is 29.3 Å². The maximum absolute atomic E-state index is 12.7. The lowest BCUT2D eigenvalue weighted by atomic mass is 9.89. The van der Waals surface area contributed by atoms with Crippen LogP contribution >= 0.6 is 11.8 Å². The molecular formula is C22H22N4O4S. The number of anilines is 1. The normalized spacial score (nSPS) is 15.8. The lowest BCUT2D eigenvalue weighted by Gasteiger charge is -2.32. The summed E-state index contributed by atoms with van der Waals surface area (Å²) < 4.78 is 5.48. The number of non-ortho nitro benzene ring substituents is 1. The molecule has 160 valence electrons. The van der Waals surface area contributed by atoms with E-state index in [-0.39, 0.29) is 22.8 Å². The molecule has 2 aliphatic rings. The molecule has 0 N–H and O–H groups in total. The first-order chi connectivity index (χ1) is 15.1. The highest BCUT2D eigenvalue weighted by molar-refractivity contribution is 8.00. The Morgan fingerprint density at radius 2 is 2.00 bits per heavy atom. The molecule has 31 heavy (non-hydrogen) atoms. The van der Waals surface area contributed by atoms with Crippen molar-refractivity contribution in [3.63, 3.8) is 0 Å². The standard InChI is InChI=1S/C22H22N4O4S/c23-13-19-17-6-1-2-7-18(17)21(25-8-10-30-11-9-25)24-22(19)31-14-20(27)15-4-3-5-16(12-15)26(28)29/h3-5,12H,1-2,6-11,14H2. The lowest BCUT2D eigenvalue weighted by Crippen LogP contribution is -2.38. The number of aromatic nitrogens is 1. The van der Waals surface area contributed by atoms with Gasteiger partial charge in [-0.3, -0.25) is 14.9 Å². The van der Waals surface area contributed by atoms with Crippen LogP contribution < -0.4 is 4.90 Å². The van der Waals surface area contributed by atoms with E-state index >= 15 is 0 Å². The van der Waals surface area contributed by atoms with Gasteiger partial charge in [0, 0.05) is 30.8 Å². The van der Waals surface area contributed by atoms with Crippen molar-refractivity contribution in [1.29, 1.82) is 5.26 Å². The van der Waals surface area contributed by atoms with Gasteiger partial charge in [-0.15, -0.1) is 0 Å². The largest absolute Gasteiger partial charge is 0.378 e. The minimum absolute atomic E-state index is 0.0597. The molecule has 8 nitrogen and oxygen atoms in total. The number of hydrogen-bond donors (Lipinski definition) is 0. The molecule has 0 saturated carbocycles. The van der Waals surface area contributed by atoms with E-state index in [9.17, 15) is 20.2 Å². The van der Waals surface area contributed by atoms with E-state index in [2.05, 4.69) is 11.0 Å². The Bertz CT molecular complexity index is 1060. The van der Waals surface area contributed by atoms with Gasteiger partial charge >= 0.3 is 0 Å². The van der Waals surface area contributed by atoms with E-state index in [0.717, 1.165) is 55.7 Å². The molecule has 0 atom stereocenters. The molecule has 1 fully saturated rings. The van der Waals surface area contributed by atoms with Crippen LogP contribution in [0.25, 0.3) is 0 Å². The number of nitro groups is 1. The molecular weight excluding hydrogens is 416 g/mol. The number of hydrogen-bond acceptors (Lipinski definition) is 8. The second kappa shape index (κ2) is 9.45. The third kappa shape index (κ3) is 4.55. The number of ether oxygens (including phenoxy) is 1. The number of nitro benzene ring substituents is 1. The molecule has 1 aromatic heterocycles. The molecule has 1 saturated heterocycles. The quantitative estimate of drug-likeness (QED) is 0.291. The van der Waals surface area contributed by atoms with E-state index in [4.69, 9.17) is 9.72 Å². The number of nitrogens with zero attached hydrogens (tertiary/aromatic N) is 4. The van der Waals surface area contributed by atoms with Crippen molar-refractivity contribution < 1.29 is 14.5 Å². The van der Waals surface area contributed by atoms with Crippen molar-refractivity contribution in [3.8, 4) is 6.07 Å². The van der Waals surface area contributed by atoms with Crippen LogP contribution in [0, 0.1) is 21.4 Å². The van der Waals surface area contributed by atoms with Gasteiger partial charge in [-0.05, 0) is 36.8 Å². The molecule has 0 unspecified atom stereocenters. The minimum Gasteiger partial charge on any atom is -0.378 e. The van der Waals surface area contributed by atoms with E-state index in [1.54, 1.807) is 6.07 Å². The summed E-state index contributed by atoms with van der Waals surface area (Å²) in [6, 6.07) is 8.03. The van der Waals surface area contributed by atoms with Gasteiger partial charge < -0.3 is 9.64 Å². The number of rotatable bonds is 6. The van der Waals surface area contributed by atoms with Crippen LogP contribution in [-0.2, 0) is 17.6 Å². The van der Waals surface area contributed by atoms with Gasteiger partial charge in [0.2, 0.25) is 0 Å². The van der Waals surface area contributed by atoms with Gasteiger partial charge in [0.05, 0.1) is 29.5 Å². The van der Waals surface area contributed by atoms with Gasteiger partial charge in [-0.2, -0.15) is 5.26 Å². The van der Waals surface area contributed by atoms with Crippen LogP contribution in [0.4, 0.5) is 11.5 Å². The van der Waals surface area contributed by atoms with Crippen LogP contribution in [-0.4, -0.2) is 47.7 Å². The van der Waals surface area contributed by atoms with Crippen molar-refractivity contribution >= 4 is 29.1 Å². The average Bonchev–Trinajstić information content (AvgIpc) is 2.82. The summed E-state index contributed by atoms with van der Waals surface area (Å²) in [5.41, 5.74) is 2.93. The number of carbonyl (C=O) groups is 1. The van der Waals surface area contributed by atoms with E-state index in [0.29, 0.717) is 23.8 Å². The summed E-state index contributed by atoms with van der Waals surface area (Å²) in [7, 11) is 0. The summed E-state index contributed by atoms with van der Waals surface area (Å²) in [6.45, 7) is 2.79. The average molecular weight is 439 g/mol. The predicted octanol–water partition coefficient (Wildman–Crippen LogP) is 3.55. The first kappa shape index (κ1) is 21.3. The number of carbonyl (C=O) groups excluding carboxylic acids is 1. The van der Waals surface area contributed by atoms with Crippen LogP contribution in [0.2, 0.25) is 0 Å². The SMILES string of the molecule is N#Cc1c(SCC(=O)c2cccc([N+](=O)[O-])c2)nc(N2CCOCC2)c2c1CCCC2. The van der Waals surface area contributed by atoms with Gasteiger partial charge in [0.15, 0.2) is 5.78 Å². The highest BCUT2D eigenvalue weighted by Gasteiger charge is 2.26. The maximum Gasteiger partial charge on any atom is 0.270 e. The Balaban J connectivity index is 1.63. The fourth-order valence-electron chi connectivity index (χ4n) is 4.04. The van der Waals surface area contributed by atoms with Crippen LogP contribution in [0.5, 0.6) is 0 Å². The van der Waals surface area contributed by atoms with Gasteiger partial charge in [-0.25, -0.2) is 4.98 Å². The van der Waals surface area contributed by atoms with Crippen LogP contribution in [0.1, 0.15) is 39.9 Å². The number of Topliss-reactive ketones (excluding diaryl/α,β-unsaturated/α-hetero) is 1. The smallest absolute Gasteiger partial charge is 0.270 e. The number of benzene rings is 1. The minimum atomic E-state index is -0.517. The third-order valence-corrected chi connectivity index (χ3v) is 6.58. The molecule has 1 aromatic carbocycles. The summed E-state index contributed by atoms with van der Waals surface area (Å²) >= 11 is 1.23. The molecule has 0 radical (unpaired) electrons.